The molecule has 336 valence electrons. The third-order valence-corrected chi connectivity index (χ3v) is 14.3. The van der Waals surface area contributed by atoms with Gasteiger partial charge in [0.15, 0.2) is 18.2 Å². The van der Waals surface area contributed by atoms with E-state index in [9.17, 15) is 24.0 Å². The molecule has 6 aliphatic rings. The zero-order valence-electron chi connectivity index (χ0n) is 36.3. The third kappa shape index (κ3) is 7.70. The largest absolute Gasteiger partial charge is 0.478 e. The molecule has 2 aromatic carbocycles. The molecule has 18 heteroatoms. The summed E-state index contributed by atoms with van der Waals surface area (Å²) >= 11 is 6.61. The molecule has 1 atom stereocenters. The Kier molecular flexibility index (Phi) is 11.0. The average molecular weight is 893 g/mol. The van der Waals surface area contributed by atoms with Crippen molar-refractivity contribution in [3.63, 3.8) is 0 Å². The van der Waals surface area contributed by atoms with Crippen molar-refractivity contribution in [1.82, 2.24) is 35.0 Å². The number of benzene rings is 2. The van der Waals surface area contributed by atoms with Gasteiger partial charge in [0.2, 0.25) is 17.8 Å². The molecule has 1 spiro atoms. The predicted molar refractivity (Wildman–Crippen MR) is 240 cm³/mol. The maximum atomic E-state index is 13.5. The first-order valence-electron chi connectivity index (χ1n) is 22.4. The van der Waals surface area contributed by atoms with Crippen LogP contribution in [0.1, 0.15) is 80.8 Å². The number of fused-ring (bicyclic) bond motifs is 2. The minimum Gasteiger partial charge on any atom is -0.478 e. The van der Waals surface area contributed by atoms with Gasteiger partial charge in [0.25, 0.3) is 17.4 Å². The number of nitrogens with zero attached hydrogens (tertiary/aromatic N) is 7. The molecule has 2 aromatic heterocycles. The fraction of sp³-hybridized carbons (Fsp3) is 0.500. The molecule has 10 rings (SSSR count). The van der Waals surface area contributed by atoms with Crippen LogP contribution >= 0.6 is 11.6 Å². The molecule has 64 heavy (non-hydrogen) atoms. The summed E-state index contributed by atoms with van der Waals surface area (Å²) in [5.74, 6) is 0.0201. The molecule has 0 radical (unpaired) electrons. The summed E-state index contributed by atoms with van der Waals surface area (Å²) in [6.45, 7) is 8.47. The maximum Gasteiger partial charge on any atom is 0.293 e. The molecule has 1 saturated carbocycles. The number of aromatic nitrogens is 3. The molecule has 4 saturated heterocycles. The summed E-state index contributed by atoms with van der Waals surface area (Å²) in [5, 5.41) is 9.36. The van der Waals surface area contributed by atoms with Crippen LogP contribution in [0.3, 0.4) is 0 Å². The molecule has 4 aromatic rings. The summed E-state index contributed by atoms with van der Waals surface area (Å²) in [5.41, 5.74) is 3.90. The number of carbonyl (C=O) groups excluding carboxylic acids is 4. The highest BCUT2D eigenvalue weighted by Crippen LogP contribution is 2.47. The van der Waals surface area contributed by atoms with Gasteiger partial charge in [0, 0.05) is 87.1 Å². The highest BCUT2D eigenvalue weighted by molar-refractivity contribution is 6.33. The second-order valence-corrected chi connectivity index (χ2v) is 18.8. The Morgan fingerprint density at radius 2 is 1.80 bits per heavy atom. The van der Waals surface area contributed by atoms with E-state index in [2.05, 4.69) is 41.7 Å². The maximum absolute atomic E-state index is 13.5. The van der Waals surface area contributed by atoms with Gasteiger partial charge < -0.3 is 39.4 Å². The van der Waals surface area contributed by atoms with E-state index in [4.69, 9.17) is 26.1 Å². The number of piperidine rings is 2. The molecule has 0 unspecified atom stereocenters. The van der Waals surface area contributed by atoms with Crippen molar-refractivity contribution in [2.75, 3.05) is 61.5 Å². The van der Waals surface area contributed by atoms with Crippen molar-refractivity contribution in [3.8, 4) is 5.75 Å². The molecule has 5 fully saturated rings. The van der Waals surface area contributed by atoms with Crippen molar-refractivity contribution in [2.45, 2.75) is 101 Å². The zero-order chi connectivity index (χ0) is 44.4. The number of carbonyl (C=O) groups is 4. The lowest BCUT2D eigenvalue weighted by atomic mass is 9.73. The van der Waals surface area contributed by atoms with E-state index in [-0.39, 0.29) is 71.8 Å². The first kappa shape index (κ1) is 42.2. The number of imide groups is 1. The van der Waals surface area contributed by atoms with Crippen molar-refractivity contribution in [1.29, 1.82) is 0 Å². The first-order valence-corrected chi connectivity index (χ1v) is 22.8. The van der Waals surface area contributed by atoms with Gasteiger partial charge in [0.05, 0.1) is 29.5 Å². The first-order chi connectivity index (χ1) is 30.9. The van der Waals surface area contributed by atoms with Gasteiger partial charge in [-0.25, -0.2) is 4.98 Å². The van der Waals surface area contributed by atoms with Crippen LogP contribution in [0.2, 0.25) is 5.02 Å². The van der Waals surface area contributed by atoms with Crippen molar-refractivity contribution in [2.24, 2.45) is 0 Å². The third-order valence-electron chi connectivity index (χ3n) is 14.0. The molecule has 4 amide bonds. The number of ether oxygens (including phenoxy) is 2. The zero-order valence-corrected chi connectivity index (χ0v) is 37.0. The van der Waals surface area contributed by atoms with E-state index in [1.165, 1.54) is 7.05 Å². The number of hydrogen-bond donors (Lipinski definition) is 3. The number of likely N-dealkylation sites (tertiary alicyclic amines) is 1. The second kappa shape index (κ2) is 16.7. The Hall–Kier alpha value is -5.78. The van der Waals surface area contributed by atoms with Gasteiger partial charge in [-0.15, -0.1) is 0 Å². The summed E-state index contributed by atoms with van der Waals surface area (Å²) < 4.78 is 13.9. The van der Waals surface area contributed by atoms with E-state index in [0.717, 1.165) is 87.0 Å². The highest BCUT2D eigenvalue weighted by Gasteiger charge is 2.56. The molecule has 1 aliphatic carbocycles. The predicted octanol–water partition coefficient (Wildman–Crippen LogP) is 4.14. The lowest BCUT2D eigenvalue weighted by molar-refractivity contribution is -0.137. The topological polar surface area (TPSA) is 184 Å². The van der Waals surface area contributed by atoms with E-state index in [1.54, 1.807) is 21.7 Å². The van der Waals surface area contributed by atoms with Gasteiger partial charge in [0.1, 0.15) is 11.1 Å². The molecule has 7 heterocycles. The molecule has 0 bridgehead atoms. The van der Waals surface area contributed by atoms with E-state index in [0.29, 0.717) is 47.0 Å². The van der Waals surface area contributed by atoms with Gasteiger partial charge in [-0.05, 0) is 94.3 Å². The van der Waals surface area contributed by atoms with E-state index >= 15 is 0 Å². The number of anilines is 4. The smallest absolute Gasteiger partial charge is 0.293 e. The fourth-order valence-corrected chi connectivity index (χ4v) is 10.5. The summed E-state index contributed by atoms with van der Waals surface area (Å²) in [6, 6.07) is 13.2. The van der Waals surface area contributed by atoms with Crippen LogP contribution in [-0.2, 0) is 25.7 Å². The Morgan fingerprint density at radius 3 is 2.52 bits per heavy atom. The number of nitrogens with one attached hydrogen (secondary N) is 3. The van der Waals surface area contributed by atoms with E-state index < -0.39 is 6.04 Å². The standard InChI is InChI=1S/C46H53ClN10O7/c1-26(2)57-36-7-5-29(16-28(36)17-38(44(57)62)63-23-40(59)48-3)50-41-35(47)21-49-45(52-41)53-13-10-32(11-14-53)64-33-18-31(19-33)54-24-46(25-54)12-15-56(46)30-6-4-27-22-55(43(61)34(27)20-30)37-8-9-39(58)51-42(37)60/h4-7,16-17,20-21,26,31-33,37H,8-15,18-19,22-25H2,1-3H3,(H,48,59)(H,49,50,52)(H,51,58,60)/t31?,33?,37-/m1/s1. The van der Waals surface area contributed by atoms with Crippen LogP contribution in [0.4, 0.5) is 23.1 Å². The summed E-state index contributed by atoms with van der Waals surface area (Å²) in [7, 11) is 1.52. The SMILES string of the molecule is CNC(=O)COc1cc2cc(Nc3nc(N4CCC(OC5CC(N6CC7(CCN7c7ccc8c(c7)C(=O)N([C@@H]7CCC(=O)NC7=O)C8)C6)C5)CC4)ncc3Cl)ccc2n(C(C)C)c1=O. The monoisotopic (exact) mass is 892 g/mol. The number of likely N-dealkylation sites (N-methyl/N-ethyl adjacent to an activating group) is 1. The van der Waals surface area contributed by atoms with Crippen LogP contribution in [0, 0.1) is 0 Å². The second-order valence-electron chi connectivity index (χ2n) is 18.3. The Balaban J connectivity index is 0.699. The van der Waals surface area contributed by atoms with E-state index in [1.807, 2.05) is 44.2 Å². The average Bonchev–Trinajstić information content (AvgIpc) is 3.56. The van der Waals surface area contributed by atoms with Gasteiger partial charge >= 0.3 is 0 Å². The lowest BCUT2D eigenvalue weighted by Gasteiger charge is -2.66. The number of pyridine rings is 1. The molecular formula is C46H53ClN10O7. The lowest BCUT2D eigenvalue weighted by Crippen LogP contribution is -2.79. The van der Waals surface area contributed by atoms with Crippen LogP contribution in [0.25, 0.3) is 10.9 Å². The minimum atomic E-state index is -0.609. The normalized spacial score (nSPS) is 23.2. The number of hydrogen-bond acceptors (Lipinski definition) is 13. The quantitative estimate of drug-likeness (QED) is 0.173. The number of rotatable bonds is 12. The Bertz CT molecular complexity index is 2600. The van der Waals surface area contributed by atoms with Crippen molar-refractivity contribution < 1.29 is 28.7 Å². The Morgan fingerprint density at radius 1 is 1.00 bits per heavy atom. The van der Waals surface area contributed by atoms with Crippen LogP contribution in [0.5, 0.6) is 5.75 Å². The van der Waals surface area contributed by atoms with Crippen LogP contribution in [-0.4, -0.2) is 124 Å². The molecule has 3 N–H and O–H groups in total. The number of amides is 4. The van der Waals surface area contributed by atoms with Crippen LogP contribution in [0.15, 0.2) is 53.5 Å². The molecule has 17 nitrogen and oxygen atoms in total. The highest BCUT2D eigenvalue weighted by atomic mass is 35.5. The van der Waals surface area contributed by atoms with Crippen molar-refractivity contribution >= 4 is 69.3 Å². The Labute approximate surface area is 375 Å². The van der Waals surface area contributed by atoms with Gasteiger partial charge in [-0.1, -0.05) is 17.7 Å². The number of halogens is 1. The molecular weight excluding hydrogens is 840 g/mol. The van der Waals surface area contributed by atoms with Gasteiger partial charge in [-0.3, -0.25) is 34.2 Å². The summed E-state index contributed by atoms with van der Waals surface area (Å²) in [4.78, 5) is 81.0. The molecule has 5 aliphatic heterocycles. The minimum absolute atomic E-state index is 0.0943. The van der Waals surface area contributed by atoms with Crippen LogP contribution < -0.4 is 36.0 Å². The summed E-state index contributed by atoms with van der Waals surface area (Å²) in [6.07, 6.45) is 7.59. The van der Waals surface area contributed by atoms with Gasteiger partial charge in [-0.2, -0.15) is 4.98 Å². The van der Waals surface area contributed by atoms with Crippen molar-refractivity contribution in [3.05, 3.63) is 75.2 Å². The fourth-order valence-electron chi connectivity index (χ4n) is 10.3.